The molecule has 0 aliphatic heterocycles. The van der Waals surface area contributed by atoms with Crippen molar-refractivity contribution >= 4 is 17.3 Å². The minimum absolute atomic E-state index is 0.0812. The van der Waals surface area contributed by atoms with Crippen LogP contribution in [0.3, 0.4) is 0 Å². The van der Waals surface area contributed by atoms with Gasteiger partial charge in [0.15, 0.2) is 0 Å². The number of carbonyl (C=O) groups is 1. The maximum atomic E-state index is 12.2. The topological polar surface area (TPSA) is 55.1 Å². The quantitative estimate of drug-likeness (QED) is 0.806. The Labute approximate surface area is 122 Å². The van der Waals surface area contributed by atoms with Gasteiger partial charge in [-0.05, 0) is 54.9 Å². The molecule has 3 heteroatoms. The van der Waals surface area contributed by atoms with Crippen molar-refractivity contribution in [1.82, 2.24) is 0 Å². The molecule has 1 atom stereocenters. The van der Waals surface area contributed by atoms with E-state index in [1.165, 1.54) is 0 Å². The number of nitrogens with two attached hydrogens (primary N) is 1. The van der Waals surface area contributed by atoms with Crippen LogP contribution in [0.1, 0.15) is 51.7 Å². The number of rotatable bonds is 4. The van der Waals surface area contributed by atoms with Gasteiger partial charge in [0.2, 0.25) is 5.91 Å². The Hall–Kier alpha value is -1.51. The number of hydrogen-bond acceptors (Lipinski definition) is 2. The predicted octanol–water partition coefficient (Wildman–Crippen LogP) is 4.29. The second-order valence-electron chi connectivity index (χ2n) is 7.15. The minimum atomic E-state index is 0.0812. The van der Waals surface area contributed by atoms with E-state index in [9.17, 15) is 4.79 Å². The molecule has 3 nitrogen and oxygen atoms in total. The number of nitrogen functional groups attached to an aromatic ring is 1. The van der Waals surface area contributed by atoms with E-state index in [0.717, 1.165) is 28.9 Å². The van der Waals surface area contributed by atoms with Gasteiger partial charge >= 0.3 is 0 Å². The molecule has 0 saturated heterocycles. The second kappa shape index (κ2) is 6.29. The highest BCUT2D eigenvalue weighted by atomic mass is 16.1. The first-order valence-electron chi connectivity index (χ1n) is 7.25. The zero-order chi connectivity index (χ0) is 15.5. The minimum Gasteiger partial charge on any atom is -0.399 e. The van der Waals surface area contributed by atoms with Crippen molar-refractivity contribution in [3.05, 3.63) is 23.3 Å². The molecule has 3 N–H and O–H groups in total. The van der Waals surface area contributed by atoms with Crippen LogP contribution < -0.4 is 11.1 Å². The van der Waals surface area contributed by atoms with E-state index in [-0.39, 0.29) is 11.3 Å². The van der Waals surface area contributed by atoms with Crippen molar-refractivity contribution in [2.75, 3.05) is 11.1 Å². The Kier molecular flexibility index (Phi) is 5.21. The number of anilines is 2. The number of nitrogens with one attached hydrogen (secondary N) is 1. The van der Waals surface area contributed by atoms with Crippen molar-refractivity contribution < 1.29 is 4.79 Å². The summed E-state index contributed by atoms with van der Waals surface area (Å²) in [6.07, 6.45) is 1.60. The van der Waals surface area contributed by atoms with Gasteiger partial charge in [0.1, 0.15) is 0 Å². The van der Waals surface area contributed by atoms with Gasteiger partial charge in [-0.2, -0.15) is 0 Å². The monoisotopic (exact) mass is 276 g/mol. The maximum absolute atomic E-state index is 12.2. The van der Waals surface area contributed by atoms with E-state index in [0.29, 0.717) is 12.3 Å². The van der Waals surface area contributed by atoms with Gasteiger partial charge in [0.25, 0.3) is 0 Å². The molecule has 0 radical (unpaired) electrons. The highest BCUT2D eigenvalue weighted by molar-refractivity contribution is 5.92. The number of carbonyl (C=O) groups excluding carboxylic acids is 1. The van der Waals surface area contributed by atoms with Crippen LogP contribution in [0.4, 0.5) is 11.4 Å². The van der Waals surface area contributed by atoms with Crippen molar-refractivity contribution in [2.45, 2.75) is 54.4 Å². The molecule has 0 saturated carbocycles. The van der Waals surface area contributed by atoms with Gasteiger partial charge in [-0.1, -0.05) is 27.7 Å². The van der Waals surface area contributed by atoms with Crippen LogP contribution >= 0.6 is 0 Å². The fraction of sp³-hybridized carbons (Fsp3) is 0.588. The van der Waals surface area contributed by atoms with Crippen molar-refractivity contribution in [3.8, 4) is 0 Å². The molecule has 0 bridgehead atoms. The molecule has 112 valence electrons. The zero-order valence-electron chi connectivity index (χ0n) is 13.6. The highest BCUT2D eigenvalue weighted by Gasteiger charge is 2.18. The number of amides is 1. The van der Waals surface area contributed by atoms with Gasteiger partial charge in [0.05, 0.1) is 0 Å². The predicted molar refractivity (Wildman–Crippen MR) is 86.8 cm³/mol. The lowest BCUT2D eigenvalue weighted by Gasteiger charge is -2.23. The van der Waals surface area contributed by atoms with Crippen molar-refractivity contribution in [1.29, 1.82) is 0 Å². The summed E-state index contributed by atoms with van der Waals surface area (Å²) in [6.45, 7) is 12.7. The van der Waals surface area contributed by atoms with Crippen LogP contribution in [-0.4, -0.2) is 5.91 Å². The van der Waals surface area contributed by atoms with Gasteiger partial charge in [-0.25, -0.2) is 0 Å². The highest BCUT2D eigenvalue weighted by Crippen LogP contribution is 2.27. The molecule has 0 fully saturated rings. The smallest absolute Gasteiger partial charge is 0.224 e. The SMILES string of the molecule is Cc1cc(N)cc(C)c1NC(=O)CC(C)CC(C)(C)C. The van der Waals surface area contributed by atoms with E-state index in [1.54, 1.807) is 0 Å². The Bertz CT molecular complexity index is 463. The molecule has 0 heterocycles. The van der Waals surface area contributed by atoms with Crippen LogP contribution in [0.15, 0.2) is 12.1 Å². The summed E-state index contributed by atoms with van der Waals surface area (Å²) in [7, 11) is 0. The largest absolute Gasteiger partial charge is 0.399 e. The van der Waals surface area contributed by atoms with Gasteiger partial charge in [0, 0.05) is 17.8 Å². The summed E-state index contributed by atoms with van der Waals surface area (Å²) < 4.78 is 0. The van der Waals surface area contributed by atoms with Crippen molar-refractivity contribution in [3.63, 3.8) is 0 Å². The van der Waals surface area contributed by atoms with Crippen LogP contribution in [0.2, 0.25) is 0 Å². The molecule has 0 spiro atoms. The molecular weight excluding hydrogens is 248 g/mol. The molecule has 1 rings (SSSR count). The van der Waals surface area contributed by atoms with Crippen LogP contribution in [-0.2, 0) is 4.79 Å². The van der Waals surface area contributed by atoms with E-state index in [2.05, 4.69) is 33.0 Å². The zero-order valence-corrected chi connectivity index (χ0v) is 13.6. The van der Waals surface area contributed by atoms with E-state index < -0.39 is 0 Å². The van der Waals surface area contributed by atoms with Crippen LogP contribution in [0.25, 0.3) is 0 Å². The first-order chi connectivity index (χ1) is 9.08. The van der Waals surface area contributed by atoms with Gasteiger partial charge in [-0.15, -0.1) is 0 Å². The Morgan fingerprint density at radius 3 is 2.20 bits per heavy atom. The Balaban J connectivity index is 2.68. The average Bonchev–Trinajstić information content (AvgIpc) is 2.20. The Morgan fingerprint density at radius 2 is 1.75 bits per heavy atom. The third-order valence-corrected chi connectivity index (χ3v) is 3.31. The lowest BCUT2D eigenvalue weighted by Crippen LogP contribution is -2.19. The van der Waals surface area contributed by atoms with Crippen molar-refractivity contribution in [2.24, 2.45) is 11.3 Å². The van der Waals surface area contributed by atoms with Gasteiger partial charge in [-0.3, -0.25) is 4.79 Å². The third kappa shape index (κ3) is 5.24. The molecule has 1 amide bonds. The average molecular weight is 276 g/mol. The lowest BCUT2D eigenvalue weighted by molar-refractivity contribution is -0.117. The van der Waals surface area contributed by atoms with Gasteiger partial charge < -0.3 is 11.1 Å². The molecule has 1 aromatic rings. The molecular formula is C17H28N2O. The Morgan fingerprint density at radius 1 is 1.25 bits per heavy atom. The second-order valence-corrected chi connectivity index (χ2v) is 7.15. The molecule has 1 aromatic carbocycles. The normalized spacial score (nSPS) is 13.1. The molecule has 0 aromatic heterocycles. The van der Waals surface area contributed by atoms with E-state index in [4.69, 9.17) is 5.73 Å². The first kappa shape index (κ1) is 16.5. The summed E-state index contributed by atoms with van der Waals surface area (Å²) in [6, 6.07) is 3.78. The first-order valence-corrected chi connectivity index (χ1v) is 7.25. The van der Waals surface area contributed by atoms with E-state index in [1.807, 2.05) is 26.0 Å². The molecule has 1 unspecified atom stereocenters. The lowest BCUT2D eigenvalue weighted by atomic mass is 9.84. The molecule has 20 heavy (non-hydrogen) atoms. The summed E-state index contributed by atoms with van der Waals surface area (Å²) in [5.41, 5.74) is 9.71. The maximum Gasteiger partial charge on any atom is 0.224 e. The number of aryl methyl sites for hydroxylation is 2. The summed E-state index contributed by atoms with van der Waals surface area (Å²) >= 11 is 0. The summed E-state index contributed by atoms with van der Waals surface area (Å²) in [5, 5.41) is 3.03. The summed E-state index contributed by atoms with van der Waals surface area (Å²) in [4.78, 5) is 12.2. The fourth-order valence-electron chi connectivity index (χ4n) is 2.82. The fourth-order valence-corrected chi connectivity index (χ4v) is 2.82. The van der Waals surface area contributed by atoms with Crippen LogP contribution in [0, 0.1) is 25.2 Å². The van der Waals surface area contributed by atoms with E-state index >= 15 is 0 Å². The number of benzene rings is 1. The van der Waals surface area contributed by atoms with Crippen LogP contribution in [0.5, 0.6) is 0 Å². The molecule has 0 aliphatic carbocycles. The molecule has 0 aliphatic rings. The third-order valence-electron chi connectivity index (χ3n) is 3.31. The standard InChI is InChI=1S/C17H28N2O/c1-11(10-17(4,5)6)7-15(20)19-16-12(2)8-14(18)9-13(16)3/h8-9,11H,7,10,18H2,1-6H3,(H,19,20). The number of hydrogen-bond donors (Lipinski definition) is 2. The summed E-state index contributed by atoms with van der Waals surface area (Å²) in [5.74, 6) is 0.460.